The van der Waals surface area contributed by atoms with Crippen molar-refractivity contribution in [2.24, 2.45) is 0 Å². The van der Waals surface area contributed by atoms with Gasteiger partial charge in [-0.05, 0) is 73.5 Å². The number of hydrogen-bond donors (Lipinski definition) is 0. The molecular formula is C25H18ClN3O4S. The van der Waals surface area contributed by atoms with Crippen molar-refractivity contribution in [1.29, 1.82) is 5.26 Å². The number of benzene rings is 2. The van der Waals surface area contributed by atoms with Crippen molar-refractivity contribution in [2.75, 3.05) is 0 Å². The van der Waals surface area contributed by atoms with Gasteiger partial charge in [-0.25, -0.2) is 8.42 Å². The third-order valence-corrected chi connectivity index (χ3v) is 7.23. The summed E-state index contributed by atoms with van der Waals surface area (Å²) < 4.78 is 33.5. The predicted molar refractivity (Wildman–Crippen MR) is 130 cm³/mol. The van der Waals surface area contributed by atoms with Crippen LogP contribution in [-0.4, -0.2) is 17.8 Å². The number of aryl methyl sites for hydroxylation is 1. The first-order chi connectivity index (χ1) is 16.2. The van der Waals surface area contributed by atoms with Crippen LogP contribution in [-0.2, 0) is 9.84 Å². The molecule has 0 aliphatic rings. The third kappa shape index (κ3) is 4.31. The number of ether oxygens (including phenoxy) is 1. The van der Waals surface area contributed by atoms with Gasteiger partial charge in [-0.1, -0.05) is 29.8 Å². The van der Waals surface area contributed by atoms with Gasteiger partial charge in [0.15, 0.2) is 0 Å². The zero-order valence-corrected chi connectivity index (χ0v) is 19.8. The fraction of sp³-hybridized carbons (Fsp3) is 0.0800. The number of nitrogens with zero attached hydrogens (tertiary/aromatic N) is 3. The molecule has 2 heterocycles. The zero-order valence-electron chi connectivity index (χ0n) is 18.2. The SMILES string of the molecule is Cc1cccc(Oc2nc3ccccn3c(=O)c2/C=C(\C#N)S(=O)(=O)c2ccc(Cl)cc2)c1C. The van der Waals surface area contributed by atoms with E-state index in [0.717, 1.165) is 17.2 Å². The van der Waals surface area contributed by atoms with Crippen molar-refractivity contribution in [3.8, 4) is 17.7 Å². The van der Waals surface area contributed by atoms with E-state index >= 15 is 0 Å². The van der Waals surface area contributed by atoms with Gasteiger partial charge in [0.05, 0.1) is 4.90 Å². The molecule has 7 nitrogen and oxygen atoms in total. The van der Waals surface area contributed by atoms with Gasteiger partial charge in [0.25, 0.3) is 5.56 Å². The van der Waals surface area contributed by atoms with E-state index in [0.29, 0.717) is 16.4 Å². The molecule has 0 aliphatic carbocycles. The lowest BCUT2D eigenvalue weighted by Gasteiger charge is -2.13. The Labute approximate surface area is 201 Å². The van der Waals surface area contributed by atoms with Gasteiger partial charge in [-0.2, -0.15) is 10.2 Å². The van der Waals surface area contributed by atoms with Gasteiger partial charge in [0.2, 0.25) is 15.7 Å². The quantitative estimate of drug-likeness (QED) is 0.360. The van der Waals surface area contributed by atoms with Crippen molar-refractivity contribution < 1.29 is 13.2 Å². The number of fused-ring (bicyclic) bond motifs is 1. The Morgan fingerprint density at radius 3 is 2.53 bits per heavy atom. The molecule has 0 radical (unpaired) electrons. The Morgan fingerprint density at radius 1 is 1.09 bits per heavy atom. The molecular weight excluding hydrogens is 474 g/mol. The van der Waals surface area contributed by atoms with Crippen molar-refractivity contribution in [2.45, 2.75) is 18.7 Å². The van der Waals surface area contributed by atoms with Crippen LogP contribution >= 0.6 is 11.6 Å². The Hall–Kier alpha value is -3.93. The molecule has 0 fully saturated rings. The minimum Gasteiger partial charge on any atom is -0.438 e. The standard InChI is InChI=1S/C25H18ClN3O4S/c1-16-6-5-7-22(17(16)2)33-24-21(25(30)29-13-4-3-8-23(29)28-24)14-20(15-27)34(31,32)19-11-9-18(26)10-12-19/h3-14H,1-2H3/b20-14+. The lowest BCUT2D eigenvalue weighted by atomic mass is 10.1. The van der Waals surface area contributed by atoms with E-state index in [4.69, 9.17) is 16.3 Å². The molecule has 0 saturated carbocycles. The first kappa shape index (κ1) is 23.2. The summed E-state index contributed by atoms with van der Waals surface area (Å²) >= 11 is 5.86. The lowest BCUT2D eigenvalue weighted by Crippen LogP contribution is -2.19. The maximum absolute atomic E-state index is 13.3. The van der Waals surface area contributed by atoms with Gasteiger partial charge in [0, 0.05) is 11.2 Å². The van der Waals surface area contributed by atoms with Crippen molar-refractivity contribution in [3.05, 3.63) is 104 Å². The summed E-state index contributed by atoms with van der Waals surface area (Å²) in [5, 5.41) is 10.1. The Morgan fingerprint density at radius 2 is 1.82 bits per heavy atom. The molecule has 4 aromatic rings. The molecule has 0 atom stereocenters. The monoisotopic (exact) mass is 491 g/mol. The van der Waals surface area contributed by atoms with Gasteiger partial charge >= 0.3 is 0 Å². The van der Waals surface area contributed by atoms with Gasteiger partial charge < -0.3 is 4.74 Å². The molecule has 0 aliphatic heterocycles. The highest BCUT2D eigenvalue weighted by Crippen LogP contribution is 2.30. The van der Waals surface area contributed by atoms with Crippen LogP contribution in [0.15, 0.2) is 81.5 Å². The second kappa shape index (κ2) is 9.14. The largest absolute Gasteiger partial charge is 0.438 e. The summed E-state index contributed by atoms with van der Waals surface area (Å²) in [6, 6.07) is 17.5. The fourth-order valence-electron chi connectivity index (χ4n) is 3.26. The summed E-state index contributed by atoms with van der Waals surface area (Å²) in [5.41, 5.74) is 1.37. The van der Waals surface area contributed by atoms with Crippen LogP contribution in [0.2, 0.25) is 5.02 Å². The number of nitriles is 1. The minimum absolute atomic E-state index is 0.107. The van der Waals surface area contributed by atoms with Crippen LogP contribution in [0.5, 0.6) is 11.6 Å². The van der Waals surface area contributed by atoms with Gasteiger partial charge in [-0.15, -0.1) is 0 Å². The summed E-state index contributed by atoms with van der Waals surface area (Å²) in [4.78, 5) is 17.0. The van der Waals surface area contributed by atoms with E-state index in [1.165, 1.54) is 34.9 Å². The first-order valence-electron chi connectivity index (χ1n) is 10.1. The highest BCUT2D eigenvalue weighted by atomic mass is 35.5. The van der Waals surface area contributed by atoms with E-state index in [-0.39, 0.29) is 16.3 Å². The summed E-state index contributed by atoms with van der Waals surface area (Å²) in [6.45, 7) is 3.78. The fourth-order valence-corrected chi connectivity index (χ4v) is 4.53. The maximum atomic E-state index is 13.3. The molecule has 0 N–H and O–H groups in total. The van der Waals surface area contributed by atoms with E-state index < -0.39 is 20.3 Å². The van der Waals surface area contributed by atoms with Crippen LogP contribution in [0.1, 0.15) is 16.7 Å². The number of pyridine rings is 1. The summed E-state index contributed by atoms with van der Waals surface area (Å²) in [6.07, 6.45) is 2.50. The second-order valence-electron chi connectivity index (χ2n) is 7.44. The van der Waals surface area contributed by atoms with Gasteiger partial charge in [0.1, 0.15) is 27.9 Å². The Kier molecular flexibility index (Phi) is 6.24. The Balaban J connectivity index is 1.95. The highest BCUT2D eigenvalue weighted by molar-refractivity contribution is 7.95. The molecule has 0 amide bonds. The van der Waals surface area contributed by atoms with E-state index in [2.05, 4.69) is 4.98 Å². The number of hydrogen-bond acceptors (Lipinski definition) is 6. The smallest absolute Gasteiger partial charge is 0.269 e. The highest BCUT2D eigenvalue weighted by Gasteiger charge is 2.24. The molecule has 0 spiro atoms. The zero-order chi connectivity index (χ0) is 24.5. The number of halogens is 1. The molecule has 9 heteroatoms. The van der Waals surface area contributed by atoms with Crippen LogP contribution in [0.4, 0.5) is 0 Å². The molecule has 170 valence electrons. The van der Waals surface area contributed by atoms with Crippen molar-refractivity contribution in [1.82, 2.24) is 9.38 Å². The number of allylic oxidation sites excluding steroid dienone is 1. The third-order valence-electron chi connectivity index (χ3n) is 5.29. The van der Waals surface area contributed by atoms with Crippen molar-refractivity contribution in [3.63, 3.8) is 0 Å². The second-order valence-corrected chi connectivity index (χ2v) is 9.80. The van der Waals surface area contributed by atoms with E-state index in [1.54, 1.807) is 36.4 Å². The molecule has 2 aromatic carbocycles. The number of rotatable bonds is 5. The van der Waals surface area contributed by atoms with Crippen LogP contribution < -0.4 is 10.3 Å². The molecule has 34 heavy (non-hydrogen) atoms. The van der Waals surface area contributed by atoms with Crippen molar-refractivity contribution >= 4 is 33.2 Å². The molecule has 0 unspecified atom stereocenters. The van der Waals surface area contributed by atoms with Crippen LogP contribution in [0.3, 0.4) is 0 Å². The molecule has 0 saturated heterocycles. The first-order valence-corrected chi connectivity index (χ1v) is 12.0. The Bertz CT molecular complexity index is 1650. The number of aromatic nitrogens is 2. The van der Waals surface area contributed by atoms with Crippen LogP contribution in [0, 0.1) is 25.2 Å². The number of sulfone groups is 1. The summed E-state index contributed by atoms with van der Waals surface area (Å²) in [5.74, 6) is 0.352. The average molecular weight is 492 g/mol. The minimum atomic E-state index is -4.23. The van der Waals surface area contributed by atoms with E-state index in [1.807, 2.05) is 19.9 Å². The molecule has 2 aromatic heterocycles. The topological polar surface area (TPSA) is 102 Å². The molecule has 4 rings (SSSR count). The maximum Gasteiger partial charge on any atom is 0.269 e. The van der Waals surface area contributed by atoms with E-state index in [9.17, 15) is 18.5 Å². The molecule has 0 bridgehead atoms. The van der Waals surface area contributed by atoms with Crippen LogP contribution in [0.25, 0.3) is 11.7 Å². The van der Waals surface area contributed by atoms with Gasteiger partial charge in [-0.3, -0.25) is 9.20 Å². The summed E-state index contributed by atoms with van der Waals surface area (Å²) in [7, 11) is -4.23. The predicted octanol–water partition coefficient (Wildman–Crippen LogP) is 5.10. The lowest BCUT2D eigenvalue weighted by molar-refractivity contribution is 0.457. The normalized spacial score (nSPS) is 11.9. The average Bonchev–Trinajstić information content (AvgIpc) is 2.82.